The van der Waals surface area contributed by atoms with E-state index in [9.17, 15) is 13.2 Å². The minimum Gasteiger partial charge on any atom is -0.368 e. The van der Waals surface area contributed by atoms with Gasteiger partial charge in [-0.15, -0.1) is 5.10 Å². The van der Waals surface area contributed by atoms with E-state index in [4.69, 9.17) is 11.6 Å². The van der Waals surface area contributed by atoms with Crippen LogP contribution in [0.5, 0.6) is 0 Å². The molecule has 0 aliphatic carbocycles. The second kappa shape index (κ2) is 8.22. The van der Waals surface area contributed by atoms with Gasteiger partial charge < -0.3 is 10.6 Å². The molecule has 0 spiro atoms. The largest absolute Gasteiger partial charge is 0.416 e. The van der Waals surface area contributed by atoms with Crippen LogP contribution in [0.1, 0.15) is 11.1 Å². The van der Waals surface area contributed by atoms with Gasteiger partial charge in [0.15, 0.2) is 5.82 Å². The first-order chi connectivity index (χ1) is 12.9. The van der Waals surface area contributed by atoms with Crippen molar-refractivity contribution in [1.82, 2.24) is 15.2 Å². The summed E-state index contributed by atoms with van der Waals surface area (Å²) < 4.78 is 38.6. The summed E-state index contributed by atoms with van der Waals surface area (Å²) in [4.78, 5) is 4.20. The molecule has 1 heterocycles. The summed E-state index contributed by atoms with van der Waals surface area (Å²) in [5.74, 6) is 0.493. The number of nitrogens with one attached hydrogen (secondary N) is 2. The second-order valence-electron chi connectivity index (χ2n) is 5.64. The van der Waals surface area contributed by atoms with Crippen molar-refractivity contribution >= 4 is 29.1 Å². The zero-order valence-corrected chi connectivity index (χ0v) is 14.7. The summed E-state index contributed by atoms with van der Waals surface area (Å²) in [6, 6.07) is 12.9. The molecule has 3 rings (SSSR count). The van der Waals surface area contributed by atoms with Crippen molar-refractivity contribution in [3.8, 4) is 0 Å². The summed E-state index contributed by atoms with van der Waals surface area (Å²) in [6.45, 7) is 0.618. The van der Waals surface area contributed by atoms with Crippen molar-refractivity contribution in [2.45, 2.75) is 12.6 Å². The molecule has 0 aliphatic heterocycles. The third-order valence-corrected chi connectivity index (χ3v) is 3.99. The highest BCUT2D eigenvalue weighted by Gasteiger charge is 2.31. The topological polar surface area (TPSA) is 62.7 Å². The Morgan fingerprint density at radius 1 is 1.04 bits per heavy atom. The Labute approximate surface area is 158 Å². The van der Waals surface area contributed by atoms with Gasteiger partial charge in [0.2, 0.25) is 5.95 Å². The Hall–Kier alpha value is -2.87. The average Bonchev–Trinajstić information content (AvgIpc) is 2.64. The van der Waals surface area contributed by atoms with Gasteiger partial charge in [-0.05, 0) is 30.2 Å². The molecule has 2 aromatic carbocycles. The highest BCUT2D eigenvalue weighted by atomic mass is 35.5. The molecule has 0 aliphatic rings. The van der Waals surface area contributed by atoms with Crippen LogP contribution in [-0.2, 0) is 12.6 Å². The number of benzene rings is 2. The third-order valence-electron chi connectivity index (χ3n) is 3.66. The molecule has 27 heavy (non-hydrogen) atoms. The van der Waals surface area contributed by atoms with Crippen molar-refractivity contribution in [2.24, 2.45) is 0 Å². The fourth-order valence-corrected chi connectivity index (χ4v) is 2.50. The van der Waals surface area contributed by atoms with Crippen LogP contribution in [0.4, 0.5) is 30.6 Å². The first-order valence-corrected chi connectivity index (χ1v) is 8.41. The number of anilines is 3. The van der Waals surface area contributed by atoms with Gasteiger partial charge in [0, 0.05) is 6.54 Å². The van der Waals surface area contributed by atoms with Crippen molar-refractivity contribution in [3.05, 3.63) is 70.9 Å². The minimum atomic E-state index is -4.47. The number of nitrogens with zero attached hydrogens (tertiary/aromatic N) is 3. The number of halogens is 4. The van der Waals surface area contributed by atoms with Gasteiger partial charge in [-0.25, -0.2) is 0 Å². The molecule has 3 aromatic rings. The van der Waals surface area contributed by atoms with Crippen LogP contribution >= 0.6 is 11.6 Å². The molecule has 0 fully saturated rings. The van der Waals surface area contributed by atoms with E-state index in [2.05, 4.69) is 25.8 Å². The van der Waals surface area contributed by atoms with Crippen molar-refractivity contribution < 1.29 is 13.2 Å². The molecule has 0 saturated heterocycles. The quantitative estimate of drug-likeness (QED) is 0.621. The lowest BCUT2D eigenvalue weighted by atomic mass is 10.1. The maximum Gasteiger partial charge on any atom is 0.416 e. The SMILES string of the molecule is FC(F)(F)c1ccc(Cl)c(Nc2nncc(NCCc3ccccc3)n2)c1. The molecule has 0 atom stereocenters. The summed E-state index contributed by atoms with van der Waals surface area (Å²) >= 11 is 5.97. The molecule has 5 nitrogen and oxygen atoms in total. The average molecular weight is 394 g/mol. The maximum absolute atomic E-state index is 12.9. The smallest absolute Gasteiger partial charge is 0.368 e. The fraction of sp³-hybridized carbons (Fsp3) is 0.167. The van der Waals surface area contributed by atoms with E-state index in [0.717, 1.165) is 18.6 Å². The van der Waals surface area contributed by atoms with Crippen LogP contribution in [0.15, 0.2) is 54.7 Å². The minimum absolute atomic E-state index is 0.0425. The van der Waals surface area contributed by atoms with Crippen LogP contribution in [0.2, 0.25) is 5.02 Å². The standard InChI is InChI=1S/C18H15ClF3N5/c19-14-7-6-13(18(20,21)22)10-15(14)25-17-26-16(11-24-27-17)23-9-8-12-4-2-1-3-5-12/h1-7,10-11H,8-9H2,(H2,23,25,26,27). The highest BCUT2D eigenvalue weighted by molar-refractivity contribution is 6.33. The molecule has 0 unspecified atom stereocenters. The first-order valence-electron chi connectivity index (χ1n) is 8.03. The van der Waals surface area contributed by atoms with Crippen LogP contribution in [0.3, 0.4) is 0 Å². The number of aromatic nitrogens is 3. The maximum atomic E-state index is 12.9. The monoisotopic (exact) mass is 393 g/mol. The molecule has 2 N–H and O–H groups in total. The normalized spacial score (nSPS) is 11.3. The van der Waals surface area contributed by atoms with E-state index in [0.29, 0.717) is 12.4 Å². The Bertz CT molecular complexity index is 903. The van der Waals surface area contributed by atoms with Gasteiger partial charge in [0.1, 0.15) is 0 Å². The predicted molar refractivity (Wildman–Crippen MR) is 98.2 cm³/mol. The molecule has 0 bridgehead atoms. The Morgan fingerprint density at radius 3 is 2.56 bits per heavy atom. The Balaban J connectivity index is 1.67. The Kier molecular flexibility index (Phi) is 5.75. The third kappa shape index (κ3) is 5.30. The van der Waals surface area contributed by atoms with Gasteiger partial charge in [0.25, 0.3) is 0 Å². The number of rotatable bonds is 6. The second-order valence-corrected chi connectivity index (χ2v) is 6.05. The van der Waals surface area contributed by atoms with E-state index in [1.807, 2.05) is 30.3 Å². The Morgan fingerprint density at radius 2 is 1.81 bits per heavy atom. The van der Waals surface area contributed by atoms with Gasteiger partial charge in [-0.2, -0.15) is 23.3 Å². The first kappa shape index (κ1) is 18.9. The summed E-state index contributed by atoms with van der Waals surface area (Å²) in [5, 5.41) is 13.5. The zero-order valence-electron chi connectivity index (χ0n) is 14.0. The fourth-order valence-electron chi connectivity index (χ4n) is 2.34. The molecule has 0 saturated carbocycles. The molecule has 9 heteroatoms. The molecule has 0 amide bonds. The van der Waals surface area contributed by atoms with E-state index < -0.39 is 11.7 Å². The zero-order chi connectivity index (χ0) is 19.3. The molecule has 1 aromatic heterocycles. The molecule has 140 valence electrons. The van der Waals surface area contributed by atoms with Crippen molar-refractivity contribution in [2.75, 3.05) is 17.2 Å². The van der Waals surface area contributed by atoms with E-state index in [1.165, 1.54) is 17.8 Å². The lowest BCUT2D eigenvalue weighted by molar-refractivity contribution is -0.137. The summed E-state index contributed by atoms with van der Waals surface area (Å²) in [6.07, 6.45) is -2.25. The van der Waals surface area contributed by atoms with Gasteiger partial charge in [0.05, 0.1) is 22.5 Å². The van der Waals surface area contributed by atoms with E-state index in [1.54, 1.807) is 0 Å². The van der Waals surface area contributed by atoms with Gasteiger partial charge in [-0.3, -0.25) is 0 Å². The lowest BCUT2D eigenvalue weighted by Gasteiger charge is -2.12. The van der Waals surface area contributed by atoms with Gasteiger partial charge >= 0.3 is 6.18 Å². The van der Waals surface area contributed by atoms with Crippen LogP contribution < -0.4 is 10.6 Å². The number of hydrogen-bond donors (Lipinski definition) is 2. The van der Waals surface area contributed by atoms with Crippen molar-refractivity contribution in [1.29, 1.82) is 0 Å². The summed E-state index contributed by atoms with van der Waals surface area (Å²) in [5.41, 5.74) is 0.398. The number of alkyl halides is 3. The molecular formula is C18H15ClF3N5. The highest BCUT2D eigenvalue weighted by Crippen LogP contribution is 2.34. The van der Waals surface area contributed by atoms with E-state index >= 15 is 0 Å². The molecular weight excluding hydrogens is 379 g/mol. The van der Waals surface area contributed by atoms with Crippen LogP contribution in [0, 0.1) is 0 Å². The van der Waals surface area contributed by atoms with Crippen LogP contribution in [0.25, 0.3) is 0 Å². The summed E-state index contributed by atoms with van der Waals surface area (Å²) in [7, 11) is 0. The van der Waals surface area contributed by atoms with E-state index in [-0.39, 0.29) is 16.7 Å². The lowest BCUT2D eigenvalue weighted by Crippen LogP contribution is -2.09. The van der Waals surface area contributed by atoms with Crippen LogP contribution in [-0.4, -0.2) is 21.7 Å². The van der Waals surface area contributed by atoms with Crippen molar-refractivity contribution in [3.63, 3.8) is 0 Å². The predicted octanol–water partition coefficient (Wildman–Crippen LogP) is 4.94. The number of hydrogen-bond acceptors (Lipinski definition) is 5. The van der Waals surface area contributed by atoms with Gasteiger partial charge in [-0.1, -0.05) is 41.9 Å². The molecule has 0 radical (unpaired) electrons.